The number of carbonyl (C=O) groups excluding carboxylic acids is 4. The van der Waals surface area contributed by atoms with Crippen LogP contribution in [0.4, 0.5) is 10.1 Å². The molecule has 0 radical (unpaired) electrons. The highest BCUT2D eigenvalue weighted by molar-refractivity contribution is 14.1. The molecule has 4 aliphatic rings. The van der Waals surface area contributed by atoms with E-state index < -0.39 is 62.9 Å². The summed E-state index contributed by atoms with van der Waals surface area (Å²) in [6.45, 7) is 0.129. The van der Waals surface area contributed by atoms with Crippen LogP contribution in [0.1, 0.15) is 50.0 Å². The van der Waals surface area contributed by atoms with Crippen molar-refractivity contribution in [1.29, 1.82) is 0 Å². The number of unbranched alkanes of at least 4 members (excludes halogenated alkanes) is 2. The van der Waals surface area contributed by atoms with E-state index in [9.17, 15) is 33.5 Å². The van der Waals surface area contributed by atoms with E-state index in [1.165, 1.54) is 30.2 Å². The molecule has 1 saturated carbocycles. The van der Waals surface area contributed by atoms with Crippen molar-refractivity contribution in [1.82, 2.24) is 4.90 Å². The zero-order valence-corrected chi connectivity index (χ0v) is 28.7. The fraction of sp³-hybridized carbons (Fsp3) is 0.424. The molecule has 6 atom stereocenters. The van der Waals surface area contributed by atoms with Crippen molar-refractivity contribution >= 4 is 81.1 Å². The van der Waals surface area contributed by atoms with Crippen LogP contribution >= 0.6 is 45.8 Å². The largest absolute Gasteiger partial charge is 0.504 e. The Morgan fingerprint density at radius 3 is 2.40 bits per heavy atom. The molecule has 2 aromatic carbocycles. The van der Waals surface area contributed by atoms with E-state index in [1.54, 1.807) is 6.07 Å². The predicted octanol–water partition coefficient (Wildman–Crippen LogP) is 5.35. The molecule has 6 unspecified atom stereocenters. The number of likely N-dealkylation sites (tertiary alicyclic amines) is 1. The molecule has 0 spiro atoms. The number of methoxy groups -OCH3 is 1. The first-order chi connectivity index (χ1) is 22.3. The Morgan fingerprint density at radius 2 is 1.74 bits per heavy atom. The summed E-state index contributed by atoms with van der Waals surface area (Å²) in [5, 5.41) is 19.6. The number of halogens is 4. The van der Waals surface area contributed by atoms with Gasteiger partial charge in [0, 0.05) is 18.9 Å². The summed E-state index contributed by atoms with van der Waals surface area (Å²) < 4.78 is 19.6. The number of nitrogens with zero attached hydrogens (tertiary/aromatic N) is 2. The maximum absolute atomic E-state index is 14.5. The van der Waals surface area contributed by atoms with Crippen molar-refractivity contribution in [3.8, 4) is 11.5 Å². The number of hydrogen-bond donors (Lipinski definition) is 2. The molecule has 6 rings (SSSR count). The van der Waals surface area contributed by atoms with Gasteiger partial charge >= 0.3 is 5.97 Å². The van der Waals surface area contributed by atoms with Gasteiger partial charge in [-0.2, -0.15) is 0 Å². The van der Waals surface area contributed by atoms with Gasteiger partial charge in [0.25, 0.3) is 11.8 Å². The number of phenols is 1. The molecule has 4 amide bonds. The minimum Gasteiger partial charge on any atom is -0.504 e. The highest BCUT2D eigenvalue weighted by atomic mass is 127. The Bertz CT molecular complexity index is 1740. The number of fused-ring (bicyclic) bond motifs is 4. The summed E-state index contributed by atoms with van der Waals surface area (Å²) in [7, 11) is 1.37. The molecule has 14 heteroatoms. The molecule has 2 aliphatic heterocycles. The Balaban J connectivity index is 1.45. The lowest BCUT2D eigenvalue weighted by atomic mass is 9.56. The van der Waals surface area contributed by atoms with E-state index in [1.807, 2.05) is 28.7 Å². The van der Waals surface area contributed by atoms with E-state index in [4.69, 9.17) is 33.0 Å². The molecule has 2 saturated heterocycles. The van der Waals surface area contributed by atoms with Crippen molar-refractivity contribution in [3.63, 3.8) is 0 Å². The second-order valence-electron chi connectivity index (χ2n) is 12.3. The van der Waals surface area contributed by atoms with Crippen molar-refractivity contribution < 1.29 is 43.3 Å². The number of carboxylic acid groups (broad SMARTS) is 1. The number of benzene rings is 2. The topological polar surface area (TPSA) is 142 Å². The van der Waals surface area contributed by atoms with Gasteiger partial charge in [0.1, 0.15) is 5.82 Å². The van der Waals surface area contributed by atoms with Crippen LogP contribution in [0.15, 0.2) is 48.0 Å². The first kappa shape index (κ1) is 33.7. The number of rotatable bonds is 9. The zero-order valence-electron chi connectivity index (χ0n) is 25.1. The Kier molecular flexibility index (Phi) is 8.84. The number of imide groups is 2. The highest BCUT2D eigenvalue weighted by Gasteiger charge is 2.76. The first-order valence-electron chi connectivity index (χ1n) is 15.1. The molecule has 0 aromatic heterocycles. The van der Waals surface area contributed by atoms with E-state index in [2.05, 4.69) is 0 Å². The number of phenolic OH excluding ortho intramolecular Hbond substituents is 1. The monoisotopic (exact) mass is 798 g/mol. The molecular weight excluding hydrogens is 769 g/mol. The van der Waals surface area contributed by atoms with Crippen LogP contribution in [0.25, 0.3) is 0 Å². The van der Waals surface area contributed by atoms with Crippen LogP contribution in [0.5, 0.6) is 11.5 Å². The van der Waals surface area contributed by atoms with Crippen molar-refractivity contribution in [2.45, 2.75) is 54.2 Å². The normalized spacial score (nSPS) is 29.9. The van der Waals surface area contributed by atoms with Gasteiger partial charge in [-0.15, -0.1) is 23.2 Å². The van der Waals surface area contributed by atoms with Crippen molar-refractivity contribution in [2.24, 2.45) is 17.8 Å². The van der Waals surface area contributed by atoms with Crippen LogP contribution in [0.3, 0.4) is 0 Å². The number of amides is 4. The van der Waals surface area contributed by atoms with Crippen LogP contribution < -0.4 is 9.64 Å². The van der Waals surface area contributed by atoms with Gasteiger partial charge < -0.3 is 14.9 Å². The molecule has 248 valence electrons. The lowest BCUT2D eigenvalue weighted by Gasteiger charge is -2.50. The van der Waals surface area contributed by atoms with Gasteiger partial charge in [0.05, 0.1) is 28.2 Å². The molecule has 0 bridgehead atoms. The number of anilines is 1. The number of aliphatic carboxylic acids is 1. The zero-order chi connectivity index (χ0) is 34.0. The third-order valence-corrected chi connectivity index (χ3v) is 12.1. The van der Waals surface area contributed by atoms with Crippen LogP contribution in [0.2, 0.25) is 0 Å². The second kappa shape index (κ2) is 12.3. The van der Waals surface area contributed by atoms with Crippen LogP contribution in [-0.2, 0) is 24.0 Å². The summed E-state index contributed by atoms with van der Waals surface area (Å²) in [5.41, 5.74) is 1.06. The average molecular weight is 799 g/mol. The maximum atomic E-state index is 14.5. The number of hydrogen-bond acceptors (Lipinski definition) is 7. The maximum Gasteiger partial charge on any atom is 0.303 e. The molecule has 3 fully saturated rings. The first-order valence-corrected chi connectivity index (χ1v) is 17.0. The lowest BCUT2D eigenvalue weighted by molar-refractivity contribution is -0.141. The average Bonchev–Trinajstić information content (AvgIpc) is 3.36. The minimum absolute atomic E-state index is 0.00939. The van der Waals surface area contributed by atoms with E-state index in [0.29, 0.717) is 34.0 Å². The predicted molar refractivity (Wildman–Crippen MR) is 177 cm³/mol. The standard InChI is InChI=1S/C33H30Cl2FIN2O8/c1-47-23-14-16(13-22(37)27(23)42)26-19-10-11-20-25(29(44)38(28(20)43)12-4-2-3-5-24(40)41)21(19)15-32(34)30(45)39(31(46)33(26,32)35)18-8-6-17(36)7-9-18/h6-10,13-14,20-21,25-26,42H,2-5,11-12,15H2,1H3,(H,40,41). The summed E-state index contributed by atoms with van der Waals surface area (Å²) in [5.74, 6) is -7.38. The fourth-order valence-corrected chi connectivity index (χ4v) is 9.26. The summed E-state index contributed by atoms with van der Waals surface area (Å²) in [4.78, 5) is 65.1. The van der Waals surface area contributed by atoms with E-state index in [0.717, 1.165) is 17.0 Å². The molecule has 2 heterocycles. The Labute approximate surface area is 293 Å². The smallest absolute Gasteiger partial charge is 0.303 e. The molecule has 47 heavy (non-hydrogen) atoms. The van der Waals surface area contributed by atoms with E-state index in [-0.39, 0.29) is 48.9 Å². The summed E-state index contributed by atoms with van der Waals surface area (Å²) in [6.07, 6.45) is 3.13. The van der Waals surface area contributed by atoms with Gasteiger partial charge in [-0.25, -0.2) is 9.29 Å². The highest BCUT2D eigenvalue weighted by Crippen LogP contribution is 2.66. The fourth-order valence-electron chi connectivity index (χ4n) is 7.70. The SMILES string of the molecule is COc1cc(C2C3=CCC4C(=O)N(CCCCCC(=O)O)C(=O)C4C3CC3(Cl)C(=O)N(c4ccc(F)cc4)C(=O)C23Cl)cc(I)c1O. The van der Waals surface area contributed by atoms with Crippen LogP contribution in [-0.4, -0.2) is 68.1 Å². The molecule has 10 nitrogen and oxygen atoms in total. The van der Waals surface area contributed by atoms with Gasteiger partial charge in [0.2, 0.25) is 11.8 Å². The molecule has 2 aromatic rings. The Hall–Kier alpha value is -3.23. The number of alkyl halides is 2. The van der Waals surface area contributed by atoms with Crippen molar-refractivity contribution in [3.05, 3.63) is 63.0 Å². The minimum atomic E-state index is -2.12. The second-order valence-corrected chi connectivity index (χ2v) is 14.7. The summed E-state index contributed by atoms with van der Waals surface area (Å²) in [6, 6.07) is 7.90. The van der Waals surface area contributed by atoms with Gasteiger partial charge in [-0.05, 0) is 96.2 Å². The molecular formula is C33H30Cl2FIN2O8. The number of allylic oxidation sites excluding steroid dienone is 2. The van der Waals surface area contributed by atoms with Crippen molar-refractivity contribution in [2.75, 3.05) is 18.6 Å². The van der Waals surface area contributed by atoms with Crippen LogP contribution in [0, 0.1) is 27.1 Å². The number of carbonyl (C=O) groups is 5. The third kappa shape index (κ3) is 5.13. The number of ether oxygens (including phenoxy) is 1. The number of carboxylic acids is 1. The van der Waals surface area contributed by atoms with Gasteiger partial charge in [-0.1, -0.05) is 18.1 Å². The Morgan fingerprint density at radius 1 is 1.04 bits per heavy atom. The van der Waals surface area contributed by atoms with Gasteiger partial charge in [0.15, 0.2) is 21.2 Å². The lowest BCUT2D eigenvalue weighted by Crippen LogP contribution is -2.60. The quantitative estimate of drug-likeness (QED) is 0.114. The number of aromatic hydroxyl groups is 1. The van der Waals surface area contributed by atoms with Gasteiger partial charge in [-0.3, -0.25) is 28.9 Å². The molecule has 2 N–H and O–H groups in total. The third-order valence-electron chi connectivity index (χ3n) is 9.86. The van der Waals surface area contributed by atoms with E-state index >= 15 is 0 Å². The molecule has 2 aliphatic carbocycles. The summed E-state index contributed by atoms with van der Waals surface area (Å²) >= 11 is 16.7.